The highest BCUT2D eigenvalue weighted by Crippen LogP contribution is 2.29. The maximum absolute atomic E-state index is 14.0. The number of hydrogen-bond donors (Lipinski definition) is 1. The standard InChI is InChI=1S/C15H13ClF2IN/c1-8-5-10(13(18)7-12(8)17)15(20-2)9-3-4-14(19)11(16)6-9/h3-7,15,20H,1-2H3. The van der Waals surface area contributed by atoms with Crippen LogP contribution < -0.4 is 5.32 Å². The van der Waals surface area contributed by atoms with Gasteiger partial charge in [0, 0.05) is 15.2 Å². The molecule has 2 rings (SSSR count). The van der Waals surface area contributed by atoms with Gasteiger partial charge in [-0.3, -0.25) is 0 Å². The van der Waals surface area contributed by atoms with Crippen molar-refractivity contribution in [2.45, 2.75) is 13.0 Å². The summed E-state index contributed by atoms with van der Waals surface area (Å²) in [7, 11) is 1.73. The summed E-state index contributed by atoms with van der Waals surface area (Å²) in [4.78, 5) is 0. The van der Waals surface area contributed by atoms with Crippen molar-refractivity contribution in [2.75, 3.05) is 7.05 Å². The Hall–Kier alpha value is -0.720. The fraction of sp³-hybridized carbons (Fsp3) is 0.200. The molecular weight excluding hydrogens is 395 g/mol. The molecule has 1 unspecified atom stereocenters. The molecule has 0 aliphatic rings. The highest BCUT2D eigenvalue weighted by molar-refractivity contribution is 14.1. The number of benzene rings is 2. The minimum absolute atomic E-state index is 0.371. The normalized spacial score (nSPS) is 12.5. The van der Waals surface area contributed by atoms with Crippen LogP contribution in [0.2, 0.25) is 5.02 Å². The Labute approximate surface area is 135 Å². The molecule has 0 amide bonds. The Morgan fingerprint density at radius 3 is 2.45 bits per heavy atom. The molecular formula is C15H13ClF2IN. The fourth-order valence-electron chi connectivity index (χ4n) is 2.09. The van der Waals surface area contributed by atoms with Gasteiger partial charge in [0.1, 0.15) is 11.6 Å². The number of rotatable bonds is 3. The Balaban J connectivity index is 2.52. The zero-order valence-electron chi connectivity index (χ0n) is 11.0. The van der Waals surface area contributed by atoms with Crippen molar-refractivity contribution in [1.29, 1.82) is 0 Å². The third kappa shape index (κ3) is 3.13. The maximum atomic E-state index is 14.0. The van der Waals surface area contributed by atoms with Crippen molar-refractivity contribution in [2.24, 2.45) is 0 Å². The predicted octanol–water partition coefficient (Wildman–Crippen LogP) is 4.84. The number of halogens is 4. The van der Waals surface area contributed by atoms with E-state index in [-0.39, 0.29) is 6.04 Å². The molecule has 1 atom stereocenters. The zero-order valence-corrected chi connectivity index (χ0v) is 13.9. The van der Waals surface area contributed by atoms with Crippen LogP contribution in [0.15, 0.2) is 30.3 Å². The van der Waals surface area contributed by atoms with Crippen LogP contribution in [-0.4, -0.2) is 7.05 Å². The van der Waals surface area contributed by atoms with Crippen molar-refractivity contribution in [1.82, 2.24) is 5.32 Å². The van der Waals surface area contributed by atoms with Gasteiger partial charge in [0.2, 0.25) is 0 Å². The van der Waals surface area contributed by atoms with E-state index in [9.17, 15) is 8.78 Å². The molecule has 106 valence electrons. The van der Waals surface area contributed by atoms with E-state index >= 15 is 0 Å². The molecule has 0 fully saturated rings. The molecule has 0 heterocycles. The first-order valence-corrected chi connectivity index (χ1v) is 7.47. The van der Waals surface area contributed by atoms with Crippen LogP contribution >= 0.6 is 34.2 Å². The third-order valence-corrected chi connectivity index (χ3v) is 4.73. The first-order chi connectivity index (χ1) is 9.43. The Bertz CT molecular complexity index is 646. The maximum Gasteiger partial charge on any atom is 0.131 e. The van der Waals surface area contributed by atoms with Crippen molar-refractivity contribution in [3.05, 3.63) is 67.2 Å². The van der Waals surface area contributed by atoms with E-state index in [2.05, 4.69) is 27.9 Å². The monoisotopic (exact) mass is 407 g/mol. The number of aryl methyl sites for hydroxylation is 1. The van der Waals surface area contributed by atoms with Crippen molar-refractivity contribution < 1.29 is 8.78 Å². The van der Waals surface area contributed by atoms with E-state index < -0.39 is 11.6 Å². The zero-order chi connectivity index (χ0) is 14.9. The summed E-state index contributed by atoms with van der Waals surface area (Å²) in [6, 6.07) is 7.62. The minimum Gasteiger partial charge on any atom is -0.309 e. The second-order valence-electron chi connectivity index (χ2n) is 4.52. The molecule has 0 saturated carbocycles. The van der Waals surface area contributed by atoms with Crippen LogP contribution in [0.5, 0.6) is 0 Å². The van der Waals surface area contributed by atoms with Crippen LogP contribution in [0.25, 0.3) is 0 Å². The quantitative estimate of drug-likeness (QED) is 0.718. The molecule has 0 bridgehead atoms. The Kier molecular flexibility index (Phi) is 4.99. The van der Waals surface area contributed by atoms with E-state index in [1.54, 1.807) is 20.0 Å². The molecule has 0 radical (unpaired) electrons. The molecule has 0 aliphatic carbocycles. The topological polar surface area (TPSA) is 12.0 Å². The van der Waals surface area contributed by atoms with Crippen LogP contribution in [0, 0.1) is 22.1 Å². The second kappa shape index (κ2) is 6.37. The summed E-state index contributed by atoms with van der Waals surface area (Å²) in [6.45, 7) is 1.62. The molecule has 2 aromatic rings. The number of hydrogen-bond acceptors (Lipinski definition) is 1. The van der Waals surface area contributed by atoms with Gasteiger partial charge in [0.25, 0.3) is 0 Å². The average Bonchev–Trinajstić information content (AvgIpc) is 2.40. The van der Waals surface area contributed by atoms with Crippen LogP contribution in [0.3, 0.4) is 0 Å². The smallest absolute Gasteiger partial charge is 0.131 e. The predicted molar refractivity (Wildman–Crippen MR) is 86.2 cm³/mol. The lowest BCUT2D eigenvalue weighted by atomic mass is 9.97. The van der Waals surface area contributed by atoms with Gasteiger partial charge < -0.3 is 5.32 Å². The van der Waals surface area contributed by atoms with Gasteiger partial charge in [0.15, 0.2) is 0 Å². The molecule has 0 saturated heterocycles. The minimum atomic E-state index is -0.567. The van der Waals surface area contributed by atoms with Crippen molar-refractivity contribution >= 4 is 34.2 Å². The summed E-state index contributed by atoms with van der Waals surface area (Å²) < 4.78 is 28.3. The van der Waals surface area contributed by atoms with Gasteiger partial charge in [-0.25, -0.2) is 8.78 Å². The lowest BCUT2D eigenvalue weighted by molar-refractivity contribution is 0.547. The lowest BCUT2D eigenvalue weighted by Crippen LogP contribution is -2.19. The molecule has 5 heteroatoms. The molecule has 20 heavy (non-hydrogen) atoms. The first-order valence-electron chi connectivity index (χ1n) is 6.01. The first kappa shape index (κ1) is 15.7. The summed E-state index contributed by atoms with van der Waals surface area (Å²) in [5, 5.41) is 3.66. The summed E-state index contributed by atoms with van der Waals surface area (Å²) in [6.07, 6.45) is 0. The lowest BCUT2D eigenvalue weighted by Gasteiger charge is -2.19. The van der Waals surface area contributed by atoms with E-state index in [4.69, 9.17) is 11.6 Å². The summed E-state index contributed by atoms with van der Waals surface area (Å²) in [5.74, 6) is -1.11. The highest BCUT2D eigenvalue weighted by atomic mass is 127. The molecule has 1 N–H and O–H groups in total. The van der Waals surface area contributed by atoms with E-state index in [0.717, 1.165) is 15.2 Å². The second-order valence-corrected chi connectivity index (χ2v) is 6.09. The SMILES string of the molecule is CNC(c1ccc(I)c(Cl)c1)c1cc(C)c(F)cc1F. The van der Waals surface area contributed by atoms with Gasteiger partial charge in [-0.1, -0.05) is 17.7 Å². The van der Waals surface area contributed by atoms with E-state index in [1.807, 2.05) is 12.1 Å². The van der Waals surface area contributed by atoms with Gasteiger partial charge in [-0.2, -0.15) is 0 Å². The summed E-state index contributed by atoms with van der Waals surface area (Å²) >= 11 is 8.24. The van der Waals surface area contributed by atoms with Gasteiger partial charge in [0.05, 0.1) is 11.1 Å². The van der Waals surface area contributed by atoms with E-state index in [1.165, 1.54) is 6.07 Å². The summed E-state index contributed by atoms with van der Waals surface area (Å²) in [5.41, 5.74) is 1.66. The highest BCUT2D eigenvalue weighted by Gasteiger charge is 2.18. The Morgan fingerprint density at radius 1 is 1.15 bits per heavy atom. The fourth-order valence-corrected chi connectivity index (χ4v) is 2.62. The Morgan fingerprint density at radius 2 is 1.85 bits per heavy atom. The van der Waals surface area contributed by atoms with Crippen molar-refractivity contribution in [3.8, 4) is 0 Å². The average molecular weight is 408 g/mol. The largest absolute Gasteiger partial charge is 0.309 e. The third-order valence-electron chi connectivity index (χ3n) is 3.15. The van der Waals surface area contributed by atoms with Gasteiger partial charge in [-0.05, 0) is 65.9 Å². The van der Waals surface area contributed by atoms with Crippen LogP contribution in [0.1, 0.15) is 22.7 Å². The van der Waals surface area contributed by atoms with Gasteiger partial charge in [-0.15, -0.1) is 0 Å². The molecule has 2 aromatic carbocycles. The van der Waals surface area contributed by atoms with Crippen molar-refractivity contribution in [3.63, 3.8) is 0 Å². The number of nitrogens with one attached hydrogen (secondary N) is 1. The van der Waals surface area contributed by atoms with Crippen LogP contribution in [-0.2, 0) is 0 Å². The van der Waals surface area contributed by atoms with Gasteiger partial charge >= 0.3 is 0 Å². The molecule has 0 aromatic heterocycles. The van der Waals surface area contributed by atoms with Crippen LogP contribution in [0.4, 0.5) is 8.78 Å². The van der Waals surface area contributed by atoms with E-state index in [0.29, 0.717) is 16.1 Å². The molecule has 1 nitrogen and oxygen atoms in total. The molecule has 0 aliphatic heterocycles. The molecule has 0 spiro atoms.